The molecule has 5 heteroatoms. The van der Waals surface area contributed by atoms with E-state index in [0.717, 1.165) is 0 Å². The monoisotopic (exact) mass is 266 g/mol. The van der Waals surface area contributed by atoms with Gasteiger partial charge in [-0.05, 0) is 32.9 Å². The number of rotatable bonds is 7. The molecule has 0 heterocycles. The molecular formula is C14H22N2O3. The quantitative estimate of drug-likeness (QED) is 0.738. The highest BCUT2D eigenvalue weighted by Crippen LogP contribution is 2.24. The molecule has 1 amide bonds. The van der Waals surface area contributed by atoms with Gasteiger partial charge in [0.2, 0.25) is 0 Å². The largest absolute Gasteiger partial charge is 0.493 e. The van der Waals surface area contributed by atoms with Gasteiger partial charge in [0.1, 0.15) is 11.3 Å². The van der Waals surface area contributed by atoms with Crippen molar-refractivity contribution in [1.29, 1.82) is 0 Å². The van der Waals surface area contributed by atoms with Crippen molar-refractivity contribution in [2.45, 2.75) is 26.8 Å². The van der Waals surface area contributed by atoms with E-state index in [0.29, 0.717) is 36.8 Å². The predicted molar refractivity (Wildman–Crippen MR) is 75.4 cm³/mol. The average Bonchev–Trinajstić information content (AvgIpc) is 2.36. The zero-order valence-electron chi connectivity index (χ0n) is 11.7. The molecule has 1 aromatic carbocycles. The Morgan fingerprint density at radius 3 is 2.74 bits per heavy atom. The van der Waals surface area contributed by atoms with Gasteiger partial charge in [0.25, 0.3) is 5.91 Å². The van der Waals surface area contributed by atoms with Crippen LogP contribution in [0, 0.1) is 0 Å². The fourth-order valence-corrected chi connectivity index (χ4v) is 1.70. The fraction of sp³-hybridized carbons (Fsp3) is 0.500. The Kier molecular flexibility index (Phi) is 6.15. The first kappa shape index (κ1) is 15.3. The highest BCUT2D eigenvalue weighted by Gasteiger charge is 2.17. The lowest BCUT2D eigenvalue weighted by atomic mass is 10.1. The molecule has 1 atom stereocenters. The molecule has 0 saturated carbocycles. The van der Waals surface area contributed by atoms with Crippen LogP contribution in [0.25, 0.3) is 0 Å². The van der Waals surface area contributed by atoms with Crippen molar-refractivity contribution in [1.82, 2.24) is 5.32 Å². The standard InChI is InChI=1S/C14H22N2O3/c1-4-18-9-10(3)16-14(17)13-11(15)7-6-8-12(13)19-5-2/h6-8,10H,4-5,9,15H2,1-3H3,(H,16,17). The van der Waals surface area contributed by atoms with E-state index in [1.165, 1.54) is 0 Å². The van der Waals surface area contributed by atoms with Crippen molar-refractivity contribution in [2.24, 2.45) is 0 Å². The van der Waals surface area contributed by atoms with Crippen molar-refractivity contribution in [3.8, 4) is 5.75 Å². The summed E-state index contributed by atoms with van der Waals surface area (Å²) in [6.45, 7) is 7.24. The van der Waals surface area contributed by atoms with E-state index in [1.807, 2.05) is 20.8 Å². The number of hydrogen-bond acceptors (Lipinski definition) is 4. The Balaban J connectivity index is 2.80. The van der Waals surface area contributed by atoms with Crippen LogP contribution in [-0.2, 0) is 4.74 Å². The van der Waals surface area contributed by atoms with Crippen LogP contribution in [0.1, 0.15) is 31.1 Å². The van der Waals surface area contributed by atoms with E-state index in [2.05, 4.69) is 5.32 Å². The lowest BCUT2D eigenvalue weighted by molar-refractivity contribution is 0.0869. The second kappa shape index (κ2) is 7.63. The van der Waals surface area contributed by atoms with Crippen LogP contribution < -0.4 is 15.8 Å². The molecule has 0 spiro atoms. The van der Waals surface area contributed by atoms with E-state index in [-0.39, 0.29) is 11.9 Å². The number of nitrogens with one attached hydrogen (secondary N) is 1. The number of hydrogen-bond donors (Lipinski definition) is 2. The normalized spacial score (nSPS) is 11.9. The van der Waals surface area contributed by atoms with Crippen molar-refractivity contribution in [3.05, 3.63) is 23.8 Å². The third-order valence-electron chi connectivity index (χ3n) is 2.53. The first-order valence-electron chi connectivity index (χ1n) is 6.50. The Labute approximate surface area is 114 Å². The molecule has 3 N–H and O–H groups in total. The molecular weight excluding hydrogens is 244 g/mol. The average molecular weight is 266 g/mol. The minimum atomic E-state index is -0.242. The molecule has 19 heavy (non-hydrogen) atoms. The zero-order valence-corrected chi connectivity index (χ0v) is 11.7. The topological polar surface area (TPSA) is 73.6 Å². The molecule has 0 aliphatic rings. The number of carbonyl (C=O) groups excluding carboxylic acids is 1. The summed E-state index contributed by atoms with van der Waals surface area (Å²) in [4.78, 5) is 12.2. The number of ether oxygens (including phenoxy) is 2. The third-order valence-corrected chi connectivity index (χ3v) is 2.53. The van der Waals surface area contributed by atoms with Crippen molar-refractivity contribution < 1.29 is 14.3 Å². The molecule has 0 aliphatic heterocycles. The maximum atomic E-state index is 12.2. The van der Waals surface area contributed by atoms with Gasteiger partial charge >= 0.3 is 0 Å². The SMILES string of the molecule is CCOCC(C)NC(=O)c1c(N)cccc1OCC. The number of amides is 1. The third kappa shape index (κ3) is 4.44. The Morgan fingerprint density at radius 2 is 2.11 bits per heavy atom. The van der Waals surface area contributed by atoms with Crippen LogP contribution in [0.2, 0.25) is 0 Å². The maximum absolute atomic E-state index is 12.2. The summed E-state index contributed by atoms with van der Waals surface area (Å²) < 4.78 is 10.7. The molecule has 0 fully saturated rings. The summed E-state index contributed by atoms with van der Waals surface area (Å²) in [6.07, 6.45) is 0. The van der Waals surface area contributed by atoms with Crippen LogP contribution >= 0.6 is 0 Å². The van der Waals surface area contributed by atoms with E-state index in [4.69, 9.17) is 15.2 Å². The number of carbonyl (C=O) groups is 1. The van der Waals surface area contributed by atoms with Crippen molar-refractivity contribution >= 4 is 11.6 Å². The van der Waals surface area contributed by atoms with E-state index in [1.54, 1.807) is 18.2 Å². The Hall–Kier alpha value is -1.75. The summed E-state index contributed by atoms with van der Waals surface area (Å²) in [5.41, 5.74) is 6.65. The molecule has 1 aromatic rings. The summed E-state index contributed by atoms with van der Waals surface area (Å²) in [7, 11) is 0. The summed E-state index contributed by atoms with van der Waals surface area (Å²) in [5.74, 6) is 0.261. The van der Waals surface area contributed by atoms with Gasteiger partial charge in [-0.15, -0.1) is 0 Å². The van der Waals surface area contributed by atoms with Crippen LogP contribution in [0.4, 0.5) is 5.69 Å². The molecule has 0 aliphatic carbocycles. The fourth-order valence-electron chi connectivity index (χ4n) is 1.70. The van der Waals surface area contributed by atoms with Crippen molar-refractivity contribution in [2.75, 3.05) is 25.6 Å². The van der Waals surface area contributed by atoms with Crippen LogP contribution in [0.15, 0.2) is 18.2 Å². The van der Waals surface area contributed by atoms with E-state index >= 15 is 0 Å². The van der Waals surface area contributed by atoms with Gasteiger partial charge in [-0.3, -0.25) is 4.79 Å². The lowest BCUT2D eigenvalue weighted by Gasteiger charge is -2.16. The van der Waals surface area contributed by atoms with Crippen LogP contribution in [0.5, 0.6) is 5.75 Å². The molecule has 0 radical (unpaired) electrons. The molecule has 0 bridgehead atoms. The molecule has 0 aromatic heterocycles. The Morgan fingerprint density at radius 1 is 1.37 bits per heavy atom. The van der Waals surface area contributed by atoms with Gasteiger partial charge in [0.05, 0.1) is 13.2 Å². The van der Waals surface area contributed by atoms with Gasteiger partial charge in [0, 0.05) is 18.3 Å². The maximum Gasteiger partial charge on any atom is 0.257 e. The van der Waals surface area contributed by atoms with Crippen LogP contribution in [0.3, 0.4) is 0 Å². The van der Waals surface area contributed by atoms with Gasteiger partial charge in [0.15, 0.2) is 0 Å². The molecule has 0 saturated heterocycles. The van der Waals surface area contributed by atoms with Gasteiger partial charge < -0.3 is 20.5 Å². The molecule has 5 nitrogen and oxygen atoms in total. The number of anilines is 1. The minimum absolute atomic E-state index is 0.0819. The highest BCUT2D eigenvalue weighted by molar-refractivity contribution is 6.02. The number of nitrogens with two attached hydrogens (primary N) is 1. The Bertz CT molecular complexity index is 421. The van der Waals surface area contributed by atoms with E-state index in [9.17, 15) is 4.79 Å². The molecule has 1 unspecified atom stereocenters. The predicted octanol–water partition coefficient (Wildman–Crippen LogP) is 1.82. The molecule has 1 rings (SSSR count). The smallest absolute Gasteiger partial charge is 0.257 e. The summed E-state index contributed by atoms with van der Waals surface area (Å²) >= 11 is 0. The van der Waals surface area contributed by atoms with Gasteiger partial charge in [-0.2, -0.15) is 0 Å². The first-order chi connectivity index (χ1) is 9.10. The molecule has 106 valence electrons. The number of benzene rings is 1. The van der Waals surface area contributed by atoms with Gasteiger partial charge in [-0.1, -0.05) is 6.07 Å². The van der Waals surface area contributed by atoms with Crippen LogP contribution in [-0.4, -0.2) is 31.8 Å². The van der Waals surface area contributed by atoms with Crippen molar-refractivity contribution in [3.63, 3.8) is 0 Å². The van der Waals surface area contributed by atoms with Gasteiger partial charge in [-0.25, -0.2) is 0 Å². The summed E-state index contributed by atoms with van der Waals surface area (Å²) in [5, 5.41) is 2.85. The summed E-state index contributed by atoms with van der Waals surface area (Å²) in [6, 6.07) is 5.11. The highest BCUT2D eigenvalue weighted by atomic mass is 16.5. The first-order valence-corrected chi connectivity index (χ1v) is 6.50. The number of nitrogen functional groups attached to an aromatic ring is 1. The lowest BCUT2D eigenvalue weighted by Crippen LogP contribution is -2.36. The zero-order chi connectivity index (χ0) is 14.3. The second-order valence-corrected chi connectivity index (χ2v) is 4.19. The minimum Gasteiger partial charge on any atom is -0.493 e. The van der Waals surface area contributed by atoms with E-state index < -0.39 is 0 Å². The second-order valence-electron chi connectivity index (χ2n) is 4.19.